The van der Waals surface area contributed by atoms with Gasteiger partial charge < -0.3 is 4.74 Å². The van der Waals surface area contributed by atoms with Gasteiger partial charge in [-0.2, -0.15) is 10.1 Å². The number of anilines is 2. The summed E-state index contributed by atoms with van der Waals surface area (Å²) < 4.78 is 6.95. The number of hydrogen-bond acceptors (Lipinski definition) is 7. The van der Waals surface area contributed by atoms with Crippen LogP contribution in [0, 0.1) is 6.92 Å². The minimum atomic E-state index is 0.397. The first-order valence-corrected chi connectivity index (χ1v) is 10.7. The van der Waals surface area contributed by atoms with Crippen molar-refractivity contribution in [3.63, 3.8) is 0 Å². The maximum Gasteiger partial charge on any atom is 0.231 e. The van der Waals surface area contributed by atoms with Crippen LogP contribution in [-0.4, -0.2) is 31.8 Å². The van der Waals surface area contributed by atoms with E-state index in [0.717, 1.165) is 32.8 Å². The highest BCUT2D eigenvalue weighted by atomic mass is 35.5. The van der Waals surface area contributed by atoms with Crippen LogP contribution < -0.4 is 10.1 Å². The van der Waals surface area contributed by atoms with Crippen LogP contribution in [-0.2, 0) is 0 Å². The fourth-order valence-electron chi connectivity index (χ4n) is 3.26. The standard InChI is InChI=1S/C22H17ClN6OS/c1-13-19(14-7-9-16(30-2)10-8-14)31-22(26-13)28-21-24-12-17(23)20(27-21)29-18-6-4-3-5-15(18)11-25-29/h3-12H,1-2H3,(H,24,26,27,28). The lowest BCUT2D eigenvalue weighted by Crippen LogP contribution is -2.05. The van der Waals surface area contributed by atoms with Crippen molar-refractivity contribution in [3.8, 4) is 22.0 Å². The molecule has 0 radical (unpaired) electrons. The van der Waals surface area contributed by atoms with E-state index in [0.29, 0.717) is 21.9 Å². The molecule has 7 nitrogen and oxygen atoms in total. The normalized spacial score (nSPS) is 11.1. The van der Waals surface area contributed by atoms with Crippen LogP contribution in [0.3, 0.4) is 0 Å². The summed E-state index contributed by atoms with van der Waals surface area (Å²) in [4.78, 5) is 14.6. The number of halogens is 1. The van der Waals surface area contributed by atoms with Gasteiger partial charge in [0.2, 0.25) is 5.95 Å². The van der Waals surface area contributed by atoms with Gasteiger partial charge in [-0.1, -0.05) is 41.1 Å². The molecule has 5 aromatic rings. The molecule has 0 saturated heterocycles. The van der Waals surface area contributed by atoms with Gasteiger partial charge in [-0.25, -0.2) is 14.6 Å². The summed E-state index contributed by atoms with van der Waals surface area (Å²) in [6, 6.07) is 15.8. The summed E-state index contributed by atoms with van der Waals surface area (Å²) >= 11 is 7.92. The van der Waals surface area contributed by atoms with Crippen molar-refractivity contribution < 1.29 is 4.74 Å². The highest BCUT2D eigenvalue weighted by Crippen LogP contribution is 2.34. The Balaban J connectivity index is 1.46. The van der Waals surface area contributed by atoms with Crippen LogP contribution in [0.1, 0.15) is 5.69 Å². The zero-order valence-corrected chi connectivity index (χ0v) is 18.3. The van der Waals surface area contributed by atoms with Crippen molar-refractivity contribution in [1.29, 1.82) is 0 Å². The third-order valence-corrected chi connectivity index (χ3v) is 6.16. The number of para-hydroxylation sites is 1. The fourth-order valence-corrected chi connectivity index (χ4v) is 4.40. The van der Waals surface area contributed by atoms with E-state index in [-0.39, 0.29) is 0 Å². The van der Waals surface area contributed by atoms with Gasteiger partial charge in [-0.3, -0.25) is 5.32 Å². The topological polar surface area (TPSA) is 77.8 Å². The number of ether oxygens (including phenoxy) is 1. The van der Waals surface area contributed by atoms with E-state index in [2.05, 4.69) is 25.4 Å². The highest BCUT2D eigenvalue weighted by molar-refractivity contribution is 7.19. The van der Waals surface area contributed by atoms with Crippen molar-refractivity contribution >= 4 is 44.9 Å². The number of rotatable bonds is 5. The Labute approximate surface area is 187 Å². The Morgan fingerprint density at radius 3 is 2.65 bits per heavy atom. The molecule has 3 aromatic heterocycles. The molecular weight excluding hydrogens is 432 g/mol. The van der Waals surface area contributed by atoms with Crippen LogP contribution in [0.2, 0.25) is 5.02 Å². The Morgan fingerprint density at radius 2 is 1.84 bits per heavy atom. The number of aryl methyl sites for hydroxylation is 1. The second-order valence-corrected chi connectivity index (χ2v) is 8.17. The van der Waals surface area contributed by atoms with E-state index in [9.17, 15) is 0 Å². The summed E-state index contributed by atoms with van der Waals surface area (Å²) in [5, 5.41) is 9.75. The number of fused-ring (bicyclic) bond motifs is 1. The lowest BCUT2D eigenvalue weighted by atomic mass is 10.1. The number of aromatic nitrogens is 5. The summed E-state index contributed by atoms with van der Waals surface area (Å²) in [5.74, 6) is 1.72. The van der Waals surface area contributed by atoms with E-state index in [1.807, 2.05) is 55.5 Å². The molecule has 5 rings (SSSR count). The van der Waals surface area contributed by atoms with Crippen LogP contribution in [0.25, 0.3) is 27.2 Å². The van der Waals surface area contributed by atoms with Gasteiger partial charge in [0, 0.05) is 5.39 Å². The van der Waals surface area contributed by atoms with E-state index < -0.39 is 0 Å². The molecule has 1 N–H and O–H groups in total. The molecule has 0 aliphatic heterocycles. The van der Waals surface area contributed by atoms with Crippen molar-refractivity contribution in [2.45, 2.75) is 6.92 Å². The molecule has 0 unspecified atom stereocenters. The molecule has 154 valence electrons. The van der Waals surface area contributed by atoms with Crippen molar-refractivity contribution in [2.75, 3.05) is 12.4 Å². The lowest BCUT2D eigenvalue weighted by molar-refractivity contribution is 0.415. The summed E-state index contributed by atoms with van der Waals surface area (Å²) in [6.45, 7) is 1.98. The fraction of sp³-hybridized carbons (Fsp3) is 0.0909. The summed E-state index contributed by atoms with van der Waals surface area (Å²) in [6.07, 6.45) is 3.35. The monoisotopic (exact) mass is 448 g/mol. The molecule has 0 bridgehead atoms. The zero-order valence-electron chi connectivity index (χ0n) is 16.7. The molecule has 0 aliphatic carbocycles. The first-order chi connectivity index (χ1) is 15.1. The summed E-state index contributed by atoms with van der Waals surface area (Å²) in [5.41, 5.74) is 2.91. The molecule has 31 heavy (non-hydrogen) atoms. The molecule has 0 atom stereocenters. The van der Waals surface area contributed by atoms with Gasteiger partial charge in [0.15, 0.2) is 10.9 Å². The lowest BCUT2D eigenvalue weighted by Gasteiger charge is -2.07. The van der Waals surface area contributed by atoms with Gasteiger partial charge in [0.1, 0.15) is 10.8 Å². The average Bonchev–Trinajstić information content (AvgIpc) is 3.38. The molecule has 0 amide bonds. The van der Waals surface area contributed by atoms with Crippen LogP contribution in [0.5, 0.6) is 5.75 Å². The Bertz CT molecular complexity index is 1380. The first kappa shape index (κ1) is 19.5. The Kier molecular flexibility index (Phi) is 5.01. The molecule has 0 fully saturated rings. The third-order valence-electron chi connectivity index (χ3n) is 4.77. The van der Waals surface area contributed by atoms with Crippen molar-refractivity contribution in [3.05, 3.63) is 71.6 Å². The Hall–Kier alpha value is -3.49. The Morgan fingerprint density at radius 1 is 1.03 bits per heavy atom. The predicted octanol–water partition coefficient (Wildman–Crippen LogP) is 5.65. The summed E-state index contributed by atoms with van der Waals surface area (Å²) in [7, 11) is 1.65. The van der Waals surface area contributed by atoms with E-state index in [1.54, 1.807) is 24.2 Å². The number of thiazole rings is 1. The van der Waals surface area contributed by atoms with Gasteiger partial charge in [0.25, 0.3) is 0 Å². The number of hydrogen-bond donors (Lipinski definition) is 1. The molecule has 0 aliphatic rings. The van der Waals surface area contributed by atoms with Crippen LogP contribution >= 0.6 is 22.9 Å². The minimum absolute atomic E-state index is 0.397. The molecule has 0 saturated carbocycles. The van der Waals surface area contributed by atoms with Gasteiger partial charge in [0.05, 0.1) is 35.6 Å². The highest BCUT2D eigenvalue weighted by Gasteiger charge is 2.14. The largest absolute Gasteiger partial charge is 0.497 e. The van der Waals surface area contributed by atoms with Gasteiger partial charge in [-0.15, -0.1) is 0 Å². The number of benzene rings is 2. The van der Waals surface area contributed by atoms with Crippen LogP contribution in [0.4, 0.5) is 11.1 Å². The number of nitrogens with zero attached hydrogens (tertiary/aromatic N) is 5. The predicted molar refractivity (Wildman–Crippen MR) is 124 cm³/mol. The maximum atomic E-state index is 6.39. The smallest absolute Gasteiger partial charge is 0.231 e. The second kappa shape index (κ2) is 7.98. The van der Waals surface area contributed by atoms with Crippen molar-refractivity contribution in [1.82, 2.24) is 24.7 Å². The SMILES string of the molecule is COc1ccc(-c2sc(Nc3ncc(Cl)c(-n4ncc5ccccc54)n3)nc2C)cc1. The first-order valence-electron chi connectivity index (χ1n) is 9.47. The second-order valence-electron chi connectivity index (χ2n) is 6.77. The molecule has 2 aromatic carbocycles. The van der Waals surface area contributed by atoms with E-state index in [4.69, 9.17) is 16.3 Å². The number of methoxy groups -OCH3 is 1. The van der Waals surface area contributed by atoms with Gasteiger partial charge in [-0.05, 0) is 42.8 Å². The van der Waals surface area contributed by atoms with E-state index in [1.165, 1.54) is 11.3 Å². The minimum Gasteiger partial charge on any atom is -0.497 e. The maximum absolute atomic E-state index is 6.39. The quantitative estimate of drug-likeness (QED) is 0.374. The molecular formula is C22H17ClN6OS. The molecule has 9 heteroatoms. The average molecular weight is 449 g/mol. The number of nitrogens with one attached hydrogen (secondary N) is 1. The van der Waals surface area contributed by atoms with E-state index >= 15 is 0 Å². The third kappa shape index (κ3) is 3.71. The zero-order chi connectivity index (χ0) is 21.4. The van der Waals surface area contributed by atoms with Gasteiger partial charge >= 0.3 is 0 Å². The van der Waals surface area contributed by atoms with Crippen molar-refractivity contribution in [2.24, 2.45) is 0 Å². The van der Waals surface area contributed by atoms with Crippen LogP contribution in [0.15, 0.2) is 60.9 Å². The molecule has 0 spiro atoms. The molecule has 3 heterocycles.